The lowest BCUT2D eigenvalue weighted by Crippen LogP contribution is -2.29. The zero-order valence-electron chi connectivity index (χ0n) is 16.2. The van der Waals surface area contributed by atoms with Gasteiger partial charge in [0.2, 0.25) is 11.9 Å². The highest BCUT2D eigenvalue weighted by Crippen LogP contribution is 2.30. The fraction of sp³-hybridized carbons (Fsp3) is 0.238. The Kier molecular flexibility index (Phi) is 4.99. The van der Waals surface area contributed by atoms with Crippen molar-refractivity contribution in [1.82, 2.24) is 14.8 Å². The van der Waals surface area contributed by atoms with E-state index in [1.165, 1.54) is 6.33 Å². The molecule has 3 aromatic rings. The minimum Gasteiger partial charge on any atom is -0.484 e. The minimum atomic E-state index is -0.270. The van der Waals surface area contributed by atoms with E-state index in [0.717, 1.165) is 22.4 Å². The molecule has 0 bridgehead atoms. The van der Waals surface area contributed by atoms with E-state index in [2.05, 4.69) is 20.7 Å². The zero-order valence-corrected chi connectivity index (χ0v) is 16.2. The van der Waals surface area contributed by atoms with Crippen molar-refractivity contribution in [3.8, 4) is 5.75 Å². The van der Waals surface area contributed by atoms with Crippen LogP contribution in [-0.2, 0) is 9.59 Å². The fourth-order valence-electron chi connectivity index (χ4n) is 3.37. The third-order valence-electron chi connectivity index (χ3n) is 4.77. The molecule has 2 N–H and O–H groups in total. The molecule has 0 spiro atoms. The molecule has 0 radical (unpaired) electrons. The van der Waals surface area contributed by atoms with Crippen LogP contribution >= 0.6 is 0 Å². The van der Waals surface area contributed by atoms with E-state index >= 15 is 0 Å². The number of anilines is 2. The van der Waals surface area contributed by atoms with Crippen molar-refractivity contribution in [2.75, 3.05) is 17.2 Å². The number of carbonyl (C=O) groups is 2. The molecule has 2 amide bonds. The Balaban J connectivity index is 1.43. The summed E-state index contributed by atoms with van der Waals surface area (Å²) in [5.41, 5.74) is 3.77. The molecule has 1 aromatic heterocycles. The van der Waals surface area contributed by atoms with Crippen molar-refractivity contribution >= 4 is 23.5 Å². The van der Waals surface area contributed by atoms with E-state index in [1.807, 2.05) is 50.2 Å². The zero-order chi connectivity index (χ0) is 20.4. The van der Waals surface area contributed by atoms with Crippen LogP contribution in [0.5, 0.6) is 5.75 Å². The average Bonchev–Trinajstić information content (AvgIpc) is 3.16. The Labute approximate surface area is 167 Å². The SMILES string of the molecule is Cc1ccc(NC(=O)COc2cccc([C@H]3CC(=O)Nc4ncnn43)c2)c(C)c1. The molecule has 0 unspecified atom stereocenters. The molecule has 8 nitrogen and oxygen atoms in total. The van der Waals surface area contributed by atoms with Gasteiger partial charge in [-0.1, -0.05) is 29.8 Å². The van der Waals surface area contributed by atoms with E-state index in [1.54, 1.807) is 10.7 Å². The predicted octanol–water partition coefficient (Wildman–Crippen LogP) is 2.84. The third kappa shape index (κ3) is 4.11. The van der Waals surface area contributed by atoms with Crippen LogP contribution in [0.15, 0.2) is 48.8 Å². The number of amides is 2. The maximum Gasteiger partial charge on any atom is 0.262 e. The van der Waals surface area contributed by atoms with E-state index in [9.17, 15) is 9.59 Å². The summed E-state index contributed by atoms with van der Waals surface area (Å²) in [7, 11) is 0. The van der Waals surface area contributed by atoms with Crippen molar-refractivity contribution in [3.05, 3.63) is 65.5 Å². The molecular weight excluding hydrogens is 370 g/mol. The van der Waals surface area contributed by atoms with E-state index in [-0.39, 0.29) is 30.9 Å². The first-order chi connectivity index (χ1) is 14.0. The summed E-state index contributed by atoms with van der Waals surface area (Å²) in [6, 6.07) is 12.9. The first kappa shape index (κ1) is 18.7. The molecule has 0 saturated carbocycles. The summed E-state index contributed by atoms with van der Waals surface area (Å²) < 4.78 is 7.35. The van der Waals surface area contributed by atoms with Crippen LogP contribution in [0, 0.1) is 13.8 Å². The highest BCUT2D eigenvalue weighted by Gasteiger charge is 2.27. The molecule has 8 heteroatoms. The van der Waals surface area contributed by atoms with Crippen molar-refractivity contribution in [2.45, 2.75) is 26.3 Å². The van der Waals surface area contributed by atoms with Crippen molar-refractivity contribution in [2.24, 2.45) is 0 Å². The number of hydrogen-bond donors (Lipinski definition) is 2. The summed E-state index contributed by atoms with van der Waals surface area (Å²) in [6.07, 6.45) is 1.67. The van der Waals surface area contributed by atoms with Crippen LogP contribution in [0.25, 0.3) is 0 Å². The topological polar surface area (TPSA) is 98.1 Å². The summed E-state index contributed by atoms with van der Waals surface area (Å²) in [5.74, 6) is 0.615. The van der Waals surface area contributed by atoms with Gasteiger partial charge in [0.25, 0.3) is 5.91 Å². The largest absolute Gasteiger partial charge is 0.484 e. The van der Waals surface area contributed by atoms with Gasteiger partial charge in [0.05, 0.1) is 12.5 Å². The highest BCUT2D eigenvalue weighted by molar-refractivity contribution is 5.92. The summed E-state index contributed by atoms with van der Waals surface area (Å²) >= 11 is 0. The highest BCUT2D eigenvalue weighted by atomic mass is 16.5. The van der Waals surface area contributed by atoms with Gasteiger partial charge in [-0.25, -0.2) is 4.68 Å². The van der Waals surface area contributed by atoms with E-state index in [4.69, 9.17) is 4.74 Å². The Morgan fingerprint density at radius 2 is 2.14 bits per heavy atom. The van der Waals surface area contributed by atoms with Crippen LogP contribution in [0.3, 0.4) is 0 Å². The molecular formula is C21H21N5O3. The molecule has 1 aliphatic heterocycles. The maximum atomic E-state index is 12.3. The number of aryl methyl sites for hydroxylation is 2. The van der Waals surface area contributed by atoms with Gasteiger partial charge in [-0.3, -0.25) is 14.9 Å². The number of fused-ring (bicyclic) bond motifs is 1. The number of carbonyl (C=O) groups excluding carboxylic acids is 2. The third-order valence-corrected chi connectivity index (χ3v) is 4.77. The number of hydrogen-bond acceptors (Lipinski definition) is 5. The molecule has 0 fully saturated rings. The molecule has 1 aliphatic rings. The van der Waals surface area contributed by atoms with Gasteiger partial charge in [0.15, 0.2) is 6.61 Å². The monoisotopic (exact) mass is 391 g/mol. The lowest BCUT2D eigenvalue weighted by Gasteiger charge is -2.24. The Morgan fingerprint density at radius 3 is 2.97 bits per heavy atom. The second-order valence-corrected chi connectivity index (χ2v) is 7.02. The lowest BCUT2D eigenvalue weighted by molar-refractivity contribution is -0.118. The Bertz CT molecular complexity index is 1080. The van der Waals surface area contributed by atoms with Crippen LogP contribution in [0.4, 0.5) is 11.6 Å². The van der Waals surface area contributed by atoms with Crippen LogP contribution in [0.2, 0.25) is 0 Å². The molecule has 29 heavy (non-hydrogen) atoms. The van der Waals surface area contributed by atoms with Crippen molar-refractivity contribution in [3.63, 3.8) is 0 Å². The van der Waals surface area contributed by atoms with Crippen LogP contribution in [0.1, 0.15) is 29.2 Å². The molecule has 2 heterocycles. The minimum absolute atomic E-state index is 0.115. The number of aromatic nitrogens is 3. The molecule has 2 aromatic carbocycles. The maximum absolute atomic E-state index is 12.3. The standard InChI is InChI=1S/C21H21N5O3/c1-13-6-7-17(14(2)8-13)24-20(28)11-29-16-5-3-4-15(9-16)18-10-19(27)25-21-22-12-23-26(18)21/h3-9,12,18H,10-11H2,1-2H3,(H,24,28)(H,22,23,25,27)/t18-/m1/s1. The quantitative estimate of drug-likeness (QED) is 0.697. The predicted molar refractivity (Wildman–Crippen MR) is 108 cm³/mol. The molecule has 148 valence electrons. The van der Waals surface area contributed by atoms with Gasteiger partial charge >= 0.3 is 0 Å². The number of nitrogens with one attached hydrogen (secondary N) is 2. The second-order valence-electron chi connectivity index (χ2n) is 7.02. The first-order valence-electron chi connectivity index (χ1n) is 9.29. The van der Waals surface area contributed by atoms with Crippen LogP contribution in [-0.4, -0.2) is 33.2 Å². The summed E-state index contributed by atoms with van der Waals surface area (Å²) in [4.78, 5) is 28.3. The fourth-order valence-corrected chi connectivity index (χ4v) is 3.37. The van der Waals surface area contributed by atoms with Crippen molar-refractivity contribution in [1.29, 1.82) is 0 Å². The second kappa shape index (κ2) is 7.75. The van der Waals surface area contributed by atoms with Crippen LogP contribution < -0.4 is 15.4 Å². The molecule has 1 atom stereocenters. The normalized spacial score (nSPS) is 15.4. The van der Waals surface area contributed by atoms with E-state index in [0.29, 0.717) is 11.7 Å². The number of ether oxygens (including phenoxy) is 1. The van der Waals surface area contributed by atoms with Gasteiger partial charge in [0.1, 0.15) is 12.1 Å². The summed E-state index contributed by atoms with van der Waals surface area (Å²) in [6.45, 7) is 3.84. The van der Waals surface area contributed by atoms with Gasteiger partial charge in [0, 0.05) is 5.69 Å². The van der Waals surface area contributed by atoms with Gasteiger partial charge < -0.3 is 10.1 Å². The number of rotatable bonds is 5. The molecule has 4 rings (SSSR count). The van der Waals surface area contributed by atoms with E-state index < -0.39 is 0 Å². The Hall–Kier alpha value is -3.68. The molecule has 0 aliphatic carbocycles. The van der Waals surface area contributed by atoms with Gasteiger partial charge in [-0.05, 0) is 43.2 Å². The summed E-state index contributed by atoms with van der Waals surface area (Å²) in [5, 5.41) is 9.75. The molecule has 0 saturated heterocycles. The number of benzene rings is 2. The Morgan fingerprint density at radius 1 is 1.28 bits per heavy atom. The number of nitrogens with zero attached hydrogens (tertiary/aromatic N) is 3. The van der Waals surface area contributed by atoms with Gasteiger partial charge in [-0.15, -0.1) is 0 Å². The van der Waals surface area contributed by atoms with Gasteiger partial charge in [-0.2, -0.15) is 10.1 Å². The average molecular weight is 391 g/mol. The lowest BCUT2D eigenvalue weighted by atomic mass is 10.0. The van der Waals surface area contributed by atoms with Crippen molar-refractivity contribution < 1.29 is 14.3 Å². The first-order valence-corrected chi connectivity index (χ1v) is 9.29. The smallest absolute Gasteiger partial charge is 0.262 e.